The van der Waals surface area contributed by atoms with E-state index in [4.69, 9.17) is 11.6 Å². The van der Waals surface area contributed by atoms with Gasteiger partial charge in [-0.1, -0.05) is 20.3 Å². The molecule has 0 N–H and O–H groups in total. The zero-order chi connectivity index (χ0) is 11.5. The fraction of sp³-hybridized carbons (Fsp3) is 0.818. The maximum atomic E-state index is 6.09. The minimum absolute atomic E-state index is 0.0137. The van der Waals surface area contributed by atoms with E-state index in [1.54, 1.807) is 0 Å². The van der Waals surface area contributed by atoms with E-state index in [1.807, 2.05) is 0 Å². The normalized spacial score (nSPS) is 12.1. The summed E-state index contributed by atoms with van der Waals surface area (Å²) in [6, 6.07) is 0. The number of hydrogen-bond donors (Lipinski definition) is 0. The van der Waals surface area contributed by atoms with Crippen molar-refractivity contribution in [2.75, 3.05) is 0 Å². The van der Waals surface area contributed by atoms with Gasteiger partial charge in [-0.3, -0.25) is 4.57 Å². The Morgan fingerprint density at radius 2 is 1.87 bits per heavy atom. The minimum Gasteiger partial charge on any atom is -0.296 e. The Bertz CT molecular complexity index is 318. The van der Waals surface area contributed by atoms with E-state index in [2.05, 4.69) is 42.5 Å². The monoisotopic (exact) mass is 229 g/mol. The van der Waals surface area contributed by atoms with Gasteiger partial charge < -0.3 is 0 Å². The topological polar surface area (TPSA) is 30.7 Å². The van der Waals surface area contributed by atoms with Crippen LogP contribution in [0, 0.1) is 0 Å². The molecule has 0 saturated heterocycles. The Labute approximate surface area is 96.8 Å². The van der Waals surface area contributed by atoms with E-state index in [1.165, 1.54) is 0 Å². The highest BCUT2D eigenvalue weighted by molar-refractivity contribution is 6.28. The van der Waals surface area contributed by atoms with E-state index >= 15 is 0 Å². The number of halogens is 1. The third-order valence-corrected chi connectivity index (χ3v) is 2.88. The molecule has 1 aromatic rings. The van der Waals surface area contributed by atoms with Crippen molar-refractivity contribution in [3.05, 3.63) is 11.1 Å². The lowest BCUT2D eigenvalue weighted by Crippen LogP contribution is -2.28. The average molecular weight is 230 g/mol. The van der Waals surface area contributed by atoms with E-state index < -0.39 is 0 Å². The first-order valence-electron chi connectivity index (χ1n) is 5.63. The third-order valence-electron chi connectivity index (χ3n) is 2.63. The smallest absolute Gasteiger partial charge is 0.225 e. The van der Waals surface area contributed by atoms with Gasteiger partial charge in [0.05, 0.1) is 0 Å². The first-order chi connectivity index (χ1) is 7.03. The second-order valence-electron chi connectivity index (χ2n) is 4.53. The molecule has 0 spiro atoms. The van der Waals surface area contributed by atoms with E-state index in [0.29, 0.717) is 5.28 Å². The first-order valence-corrected chi connectivity index (χ1v) is 6.01. The number of aromatic nitrogens is 3. The lowest BCUT2D eigenvalue weighted by atomic mass is 9.98. The van der Waals surface area contributed by atoms with Gasteiger partial charge in [0, 0.05) is 12.0 Å². The van der Waals surface area contributed by atoms with Crippen LogP contribution in [0.25, 0.3) is 0 Å². The predicted molar refractivity (Wildman–Crippen MR) is 63.3 cm³/mol. The molecule has 0 aliphatic rings. The Kier molecular flexibility index (Phi) is 4.14. The van der Waals surface area contributed by atoms with Crippen molar-refractivity contribution in [2.24, 2.45) is 0 Å². The maximum Gasteiger partial charge on any atom is 0.225 e. The van der Waals surface area contributed by atoms with Gasteiger partial charge in [-0.05, 0) is 38.3 Å². The van der Waals surface area contributed by atoms with Crippen molar-refractivity contribution in [1.29, 1.82) is 0 Å². The van der Waals surface area contributed by atoms with Gasteiger partial charge >= 0.3 is 0 Å². The van der Waals surface area contributed by atoms with Gasteiger partial charge in [-0.15, -0.1) is 10.2 Å². The van der Waals surface area contributed by atoms with Crippen LogP contribution in [0.15, 0.2) is 0 Å². The molecule has 0 aliphatic carbocycles. The second-order valence-corrected chi connectivity index (χ2v) is 4.87. The van der Waals surface area contributed by atoms with Gasteiger partial charge in [0.1, 0.15) is 5.82 Å². The molecule has 0 bridgehead atoms. The summed E-state index contributed by atoms with van der Waals surface area (Å²) >= 11 is 6.09. The fourth-order valence-corrected chi connectivity index (χ4v) is 2.37. The number of aryl methyl sites for hydroxylation is 1. The van der Waals surface area contributed by atoms with Gasteiger partial charge in [0.15, 0.2) is 0 Å². The highest BCUT2D eigenvalue weighted by Crippen LogP contribution is 2.27. The highest BCUT2D eigenvalue weighted by atomic mass is 35.5. The van der Waals surface area contributed by atoms with Crippen LogP contribution in [0.5, 0.6) is 0 Å². The summed E-state index contributed by atoms with van der Waals surface area (Å²) in [5, 5.41) is 8.61. The van der Waals surface area contributed by atoms with E-state index in [0.717, 1.165) is 31.5 Å². The van der Waals surface area contributed by atoms with Crippen LogP contribution in [0.2, 0.25) is 5.28 Å². The van der Waals surface area contributed by atoms with Gasteiger partial charge in [-0.2, -0.15) is 0 Å². The predicted octanol–water partition coefficient (Wildman–Crippen LogP) is 3.42. The Morgan fingerprint density at radius 1 is 1.20 bits per heavy atom. The highest BCUT2D eigenvalue weighted by Gasteiger charge is 2.25. The second kappa shape index (κ2) is 4.97. The molecule has 0 aliphatic heterocycles. The molecule has 3 nitrogen and oxygen atoms in total. The summed E-state index contributed by atoms with van der Waals surface area (Å²) < 4.78 is 2.07. The third kappa shape index (κ3) is 2.71. The van der Waals surface area contributed by atoms with Gasteiger partial charge in [-0.25, -0.2) is 0 Å². The largest absolute Gasteiger partial charge is 0.296 e. The van der Waals surface area contributed by atoms with Crippen LogP contribution in [-0.2, 0) is 12.0 Å². The van der Waals surface area contributed by atoms with Gasteiger partial charge in [0.25, 0.3) is 0 Å². The molecular formula is C11H20ClN3. The maximum absolute atomic E-state index is 6.09. The molecule has 1 rings (SSSR count). The molecule has 1 aromatic heterocycles. The number of hydrogen-bond acceptors (Lipinski definition) is 2. The molecular weight excluding hydrogens is 210 g/mol. The zero-order valence-electron chi connectivity index (χ0n) is 10.0. The van der Waals surface area contributed by atoms with E-state index in [9.17, 15) is 0 Å². The van der Waals surface area contributed by atoms with Crippen molar-refractivity contribution >= 4 is 11.6 Å². The number of rotatable bonds is 5. The van der Waals surface area contributed by atoms with Crippen LogP contribution in [-0.4, -0.2) is 14.8 Å². The molecule has 4 heteroatoms. The molecule has 0 saturated carbocycles. The van der Waals surface area contributed by atoms with Crippen molar-refractivity contribution in [3.63, 3.8) is 0 Å². The Morgan fingerprint density at radius 3 is 2.40 bits per heavy atom. The summed E-state index contributed by atoms with van der Waals surface area (Å²) in [6.45, 7) is 8.69. The summed E-state index contributed by atoms with van der Waals surface area (Å²) in [5.41, 5.74) is 0.0137. The zero-order valence-corrected chi connectivity index (χ0v) is 10.8. The molecule has 0 unspecified atom stereocenters. The molecule has 0 amide bonds. The van der Waals surface area contributed by atoms with Gasteiger partial charge in [0.2, 0.25) is 5.28 Å². The first kappa shape index (κ1) is 12.5. The summed E-state index contributed by atoms with van der Waals surface area (Å²) in [6.07, 6.45) is 4.22. The summed E-state index contributed by atoms with van der Waals surface area (Å²) in [7, 11) is 0. The quantitative estimate of drug-likeness (QED) is 0.775. The molecule has 0 fully saturated rings. The van der Waals surface area contributed by atoms with Crippen LogP contribution < -0.4 is 0 Å². The SMILES string of the molecule is CCCc1nnc(Cl)n1C(C)(C)CCC. The van der Waals surface area contributed by atoms with E-state index in [-0.39, 0.29) is 5.54 Å². The van der Waals surface area contributed by atoms with Crippen LogP contribution in [0.4, 0.5) is 0 Å². The summed E-state index contributed by atoms with van der Waals surface area (Å²) in [4.78, 5) is 0. The Balaban J connectivity index is 3.04. The molecule has 15 heavy (non-hydrogen) atoms. The molecule has 1 heterocycles. The van der Waals surface area contributed by atoms with Crippen LogP contribution >= 0.6 is 11.6 Å². The van der Waals surface area contributed by atoms with Crippen molar-refractivity contribution in [3.8, 4) is 0 Å². The lowest BCUT2D eigenvalue weighted by molar-refractivity contribution is 0.314. The Hall–Kier alpha value is -0.570. The average Bonchev–Trinajstić information content (AvgIpc) is 2.48. The standard InChI is InChI=1S/C11H20ClN3/c1-5-7-9-13-14-10(12)15(9)11(3,4)8-6-2/h5-8H2,1-4H3. The number of nitrogens with zero attached hydrogens (tertiary/aromatic N) is 3. The lowest BCUT2D eigenvalue weighted by Gasteiger charge is -2.28. The molecule has 0 radical (unpaired) electrons. The molecule has 0 atom stereocenters. The van der Waals surface area contributed by atoms with Crippen LogP contribution in [0.3, 0.4) is 0 Å². The molecule has 86 valence electrons. The minimum atomic E-state index is 0.0137. The molecule has 0 aromatic carbocycles. The summed E-state index contributed by atoms with van der Waals surface area (Å²) in [5.74, 6) is 1.00. The van der Waals surface area contributed by atoms with Crippen LogP contribution in [0.1, 0.15) is 52.8 Å². The fourth-order valence-electron chi connectivity index (χ4n) is 2.00. The van der Waals surface area contributed by atoms with Crippen molar-refractivity contribution in [2.45, 2.75) is 58.9 Å². The van der Waals surface area contributed by atoms with Crippen molar-refractivity contribution < 1.29 is 0 Å². The van der Waals surface area contributed by atoms with Crippen molar-refractivity contribution in [1.82, 2.24) is 14.8 Å².